The van der Waals surface area contributed by atoms with Gasteiger partial charge in [0.25, 0.3) is 0 Å². The van der Waals surface area contributed by atoms with Gasteiger partial charge in [-0.05, 0) is 0 Å². The molecule has 172 valence electrons. The molecule has 0 fully saturated rings. The molecule has 0 rings (SSSR count). The lowest BCUT2D eigenvalue weighted by atomic mass is 10.5. The van der Waals surface area contributed by atoms with E-state index in [1.165, 1.54) is 0 Å². The van der Waals surface area contributed by atoms with Crippen LogP contribution < -0.4 is 16.0 Å². The number of hydrogen-bond donors (Lipinski definition) is 3. The summed E-state index contributed by atoms with van der Waals surface area (Å²) in [5.41, 5.74) is 0. The van der Waals surface area contributed by atoms with Gasteiger partial charge in [0.2, 0.25) is 11.8 Å². The van der Waals surface area contributed by atoms with Gasteiger partial charge in [-0.15, -0.1) is 0 Å². The van der Waals surface area contributed by atoms with Gasteiger partial charge >= 0.3 is 0 Å². The van der Waals surface area contributed by atoms with E-state index in [0.717, 1.165) is 0 Å². The highest BCUT2D eigenvalue weighted by Gasteiger charge is 2.03. The molecule has 0 bridgehead atoms. The molecule has 11 heteroatoms. The number of carbonyl (C=O) groups excluding carboxylic acids is 2. The Labute approximate surface area is 173 Å². The third-order valence-electron chi connectivity index (χ3n) is 3.32. The number of hydrogen-bond acceptors (Lipinski definition) is 9. The number of carbonyl (C=O) groups is 2. The van der Waals surface area contributed by atoms with Gasteiger partial charge < -0.3 is 39.1 Å². The van der Waals surface area contributed by atoms with Crippen molar-refractivity contribution in [2.24, 2.45) is 0 Å². The highest BCUT2D eigenvalue weighted by atomic mass is 16.5. The van der Waals surface area contributed by atoms with E-state index in [2.05, 4.69) is 16.0 Å². The molecular weight excluding hydrogens is 386 g/mol. The summed E-state index contributed by atoms with van der Waals surface area (Å²) < 4.78 is 30.8. The standard InChI is InChI=1S/C18H37N3O8/c1-24-7-9-28-13-11-26-5-3-20-17(22)15-19-16-18(23)21-4-6-27-12-14-29-10-8-25-2/h19H,3-16H2,1-2H3,(H,20,22)(H,21,23). The molecule has 0 aliphatic rings. The highest BCUT2D eigenvalue weighted by molar-refractivity contribution is 5.81. The second-order valence-electron chi connectivity index (χ2n) is 5.74. The fourth-order valence-electron chi connectivity index (χ4n) is 1.87. The largest absolute Gasteiger partial charge is 0.382 e. The molecule has 3 N–H and O–H groups in total. The van der Waals surface area contributed by atoms with Crippen molar-refractivity contribution in [2.75, 3.05) is 106 Å². The third kappa shape index (κ3) is 22.8. The number of methoxy groups -OCH3 is 2. The molecule has 11 nitrogen and oxygen atoms in total. The van der Waals surface area contributed by atoms with Gasteiger partial charge in [0.05, 0.1) is 79.2 Å². The van der Waals surface area contributed by atoms with Crippen molar-refractivity contribution in [3.8, 4) is 0 Å². The third-order valence-corrected chi connectivity index (χ3v) is 3.32. The van der Waals surface area contributed by atoms with Gasteiger partial charge in [0.15, 0.2) is 0 Å². The molecule has 0 unspecified atom stereocenters. The van der Waals surface area contributed by atoms with Gasteiger partial charge in [-0.25, -0.2) is 0 Å². The molecule has 0 saturated heterocycles. The summed E-state index contributed by atoms with van der Waals surface area (Å²) in [7, 11) is 3.23. The van der Waals surface area contributed by atoms with Crippen LogP contribution in [0.5, 0.6) is 0 Å². The van der Waals surface area contributed by atoms with Gasteiger partial charge in [-0.1, -0.05) is 0 Å². The van der Waals surface area contributed by atoms with Crippen LogP contribution in [0.4, 0.5) is 0 Å². The van der Waals surface area contributed by atoms with Crippen LogP contribution >= 0.6 is 0 Å². The van der Waals surface area contributed by atoms with Crippen molar-refractivity contribution in [1.82, 2.24) is 16.0 Å². The van der Waals surface area contributed by atoms with Crippen LogP contribution in [0.2, 0.25) is 0 Å². The monoisotopic (exact) mass is 423 g/mol. The van der Waals surface area contributed by atoms with E-state index in [4.69, 9.17) is 28.4 Å². The van der Waals surface area contributed by atoms with E-state index in [1.807, 2.05) is 0 Å². The number of amides is 2. The predicted molar refractivity (Wildman–Crippen MR) is 106 cm³/mol. The van der Waals surface area contributed by atoms with E-state index in [1.54, 1.807) is 14.2 Å². The highest BCUT2D eigenvalue weighted by Crippen LogP contribution is 1.80. The molecular formula is C18H37N3O8. The Hall–Kier alpha value is -1.34. The van der Waals surface area contributed by atoms with Crippen molar-refractivity contribution in [3.63, 3.8) is 0 Å². The normalized spacial score (nSPS) is 10.8. The topological polar surface area (TPSA) is 126 Å². The maximum absolute atomic E-state index is 11.6. The quantitative estimate of drug-likeness (QED) is 0.172. The number of rotatable bonds is 22. The molecule has 0 spiro atoms. The summed E-state index contributed by atoms with van der Waals surface area (Å²) in [4.78, 5) is 23.2. The van der Waals surface area contributed by atoms with Crippen molar-refractivity contribution in [1.29, 1.82) is 0 Å². The van der Waals surface area contributed by atoms with E-state index in [9.17, 15) is 9.59 Å². The minimum Gasteiger partial charge on any atom is -0.382 e. The maximum Gasteiger partial charge on any atom is 0.234 e. The van der Waals surface area contributed by atoms with Crippen molar-refractivity contribution >= 4 is 11.8 Å². The summed E-state index contributed by atoms with van der Waals surface area (Å²) in [6, 6.07) is 0. The first-order chi connectivity index (χ1) is 14.2. The molecule has 29 heavy (non-hydrogen) atoms. The molecule has 2 amide bonds. The van der Waals surface area contributed by atoms with Crippen LogP contribution in [-0.2, 0) is 38.0 Å². The van der Waals surface area contributed by atoms with Gasteiger partial charge in [-0.3, -0.25) is 14.9 Å². The minimum absolute atomic E-state index is 0.0584. The maximum atomic E-state index is 11.6. The van der Waals surface area contributed by atoms with Crippen LogP contribution in [0, 0.1) is 0 Å². The Morgan fingerprint density at radius 3 is 1.28 bits per heavy atom. The minimum atomic E-state index is -0.199. The van der Waals surface area contributed by atoms with E-state index in [-0.39, 0.29) is 24.9 Å². The van der Waals surface area contributed by atoms with Crippen molar-refractivity contribution in [2.45, 2.75) is 0 Å². The van der Waals surface area contributed by atoms with Crippen molar-refractivity contribution in [3.05, 3.63) is 0 Å². The Morgan fingerprint density at radius 1 is 0.552 bits per heavy atom. The van der Waals surface area contributed by atoms with Crippen LogP contribution in [0.15, 0.2) is 0 Å². The SMILES string of the molecule is COCCOCCOCCNC(=O)CNCC(=O)NCCOCCOCCOC. The van der Waals surface area contributed by atoms with Crippen molar-refractivity contribution < 1.29 is 38.0 Å². The van der Waals surface area contributed by atoms with Crippen LogP contribution in [0.25, 0.3) is 0 Å². The second kappa shape index (κ2) is 22.9. The lowest BCUT2D eigenvalue weighted by molar-refractivity contribution is -0.121. The molecule has 0 aliphatic carbocycles. The second-order valence-corrected chi connectivity index (χ2v) is 5.74. The first-order valence-corrected chi connectivity index (χ1v) is 9.73. The fraction of sp³-hybridized carbons (Fsp3) is 0.889. The molecule has 0 atom stereocenters. The summed E-state index contributed by atoms with van der Waals surface area (Å²) in [6.45, 7) is 5.79. The summed E-state index contributed by atoms with van der Waals surface area (Å²) in [5, 5.41) is 8.16. The van der Waals surface area contributed by atoms with E-state index in [0.29, 0.717) is 79.2 Å². The van der Waals surface area contributed by atoms with Crippen LogP contribution in [0.1, 0.15) is 0 Å². The summed E-state index contributed by atoms with van der Waals surface area (Å²) in [6.07, 6.45) is 0. The Balaban J connectivity index is 3.31. The Bertz CT molecular complexity index is 354. The molecule has 0 heterocycles. The first-order valence-electron chi connectivity index (χ1n) is 9.73. The van der Waals surface area contributed by atoms with Gasteiger partial charge in [0.1, 0.15) is 0 Å². The van der Waals surface area contributed by atoms with Gasteiger partial charge in [-0.2, -0.15) is 0 Å². The summed E-state index contributed by atoms with van der Waals surface area (Å²) >= 11 is 0. The molecule has 0 aromatic heterocycles. The molecule has 0 radical (unpaired) electrons. The smallest absolute Gasteiger partial charge is 0.234 e. The lowest BCUT2D eigenvalue weighted by Crippen LogP contribution is -2.41. The lowest BCUT2D eigenvalue weighted by Gasteiger charge is -2.09. The van der Waals surface area contributed by atoms with Crippen LogP contribution in [0.3, 0.4) is 0 Å². The molecule has 0 aliphatic heterocycles. The summed E-state index contributed by atoms with van der Waals surface area (Å²) in [5.74, 6) is -0.399. The molecule has 0 aromatic rings. The zero-order valence-corrected chi connectivity index (χ0v) is 17.7. The predicted octanol–water partition coefficient (Wildman–Crippen LogP) is -1.83. The zero-order valence-electron chi connectivity index (χ0n) is 17.7. The Morgan fingerprint density at radius 2 is 0.897 bits per heavy atom. The average Bonchev–Trinajstić information content (AvgIpc) is 2.71. The Kier molecular flexibility index (Phi) is 21.9. The molecule has 0 aromatic carbocycles. The van der Waals surface area contributed by atoms with E-state index < -0.39 is 0 Å². The first kappa shape index (κ1) is 27.7. The van der Waals surface area contributed by atoms with Crippen LogP contribution in [-0.4, -0.2) is 118 Å². The molecule has 0 saturated carbocycles. The average molecular weight is 424 g/mol. The van der Waals surface area contributed by atoms with Gasteiger partial charge in [0, 0.05) is 27.3 Å². The van der Waals surface area contributed by atoms with E-state index >= 15 is 0 Å². The fourth-order valence-corrected chi connectivity index (χ4v) is 1.87. The number of nitrogens with one attached hydrogen (secondary N) is 3. The zero-order chi connectivity index (χ0) is 21.4. The number of ether oxygens (including phenoxy) is 6.